The molecular formula is C24H27N5O3S. The molecule has 3 aromatic rings. The van der Waals surface area contributed by atoms with Gasteiger partial charge in [-0.1, -0.05) is 6.07 Å². The maximum absolute atomic E-state index is 11.8. The molecule has 4 rings (SSSR count). The number of methoxy groups -OCH3 is 2. The number of nitrogens with zero attached hydrogens (tertiary/aromatic N) is 3. The van der Waals surface area contributed by atoms with Gasteiger partial charge in [0.2, 0.25) is 5.91 Å². The maximum atomic E-state index is 11.8. The quantitative estimate of drug-likeness (QED) is 0.470. The standard InChI is InChI=1S/C24H27N5O3S/c1-31-15-14-28-13-5-7-20(28)23-22(19-6-3-4-12-25-19)27-24(33)29(23)18-10-8-17(9-11-18)26-21(30)16-32-2/h3-13,22-23H,14-16H2,1-2H3,(H,26,30)(H,27,33)/t22-,23-/m0/s1. The molecule has 3 heterocycles. The van der Waals surface area contributed by atoms with Crippen LogP contribution in [0.1, 0.15) is 23.5 Å². The Morgan fingerprint density at radius 3 is 2.64 bits per heavy atom. The zero-order valence-corrected chi connectivity index (χ0v) is 19.4. The van der Waals surface area contributed by atoms with Gasteiger partial charge in [-0.2, -0.15) is 0 Å². The van der Waals surface area contributed by atoms with E-state index in [4.69, 9.17) is 21.7 Å². The highest BCUT2D eigenvalue weighted by atomic mass is 32.1. The predicted octanol–water partition coefficient (Wildman–Crippen LogP) is 3.29. The first-order chi connectivity index (χ1) is 16.1. The molecule has 1 aromatic carbocycles. The zero-order chi connectivity index (χ0) is 23.2. The van der Waals surface area contributed by atoms with Crippen molar-refractivity contribution in [3.05, 3.63) is 78.4 Å². The van der Waals surface area contributed by atoms with Gasteiger partial charge in [0.15, 0.2) is 5.11 Å². The third-order valence-corrected chi connectivity index (χ3v) is 5.82. The zero-order valence-electron chi connectivity index (χ0n) is 18.6. The molecule has 1 aliphatic heterocycles. The van der Waals surface area contributed by atoms with E-state index in [-0.39, 0.29) is 24.6 Å². The summed E-state index contributed by atoms with van der Waals surface area (Å²) in [5.41, 5.74) is 3.63. The molecular weight excluding hydrogens is 438 g/mol. The highest BCUT2D eigenvalue weighted by Crippen LogP contribution is 2.41. The molecule has 2 atom stereocenters. The Morgan fingerprint density at radius 2 is 1.94 bits per heavy atom. The summed E-state index contributed by atoms with van der Waals surface area (Å²) in [6.45, 7) is 1.35. The number of thiocarbonyl (C=S) groups is 1. The van der Waals surface area contributed by atoms with Crippen molar-refractivity contribution in [3.63, 3.8) is 0 Å². The Hall–Kier alpha value is -3.27. The largest absolute Gasteiger partial charge is 0.383 e. The molecule has 172 valence electrons. The number of anilines is 2. The lowest BCUT2D eigenvalue weighted by Crippen LogP contribution is -2.30. The van der Waals surface area contributed by atoms with E-state index in [1.165, 1.54) is 7.11 Å². The van der Waals surface area contributed by atoms with Crippen molar-refractivity contribution in [1.82, 2.24) is 14.9 Å². The van der Waals surface area contributed by atoms with Gasteiger partial charge in [-0.25, -0.2) is 0 Å². The second kappa shape index (κ2) is 10.6. The SMILES string of the molecule is COCCn1cccc1[C@H]1[C@H](c2ccccn2)NC(=S)N1c1ccc(NC(=O)COC)cc1. The number of carbonyl (C=O) groups is 1. The minimum Gasteiger partial charge on any atom is -0.383 e. The third kappa shape index (κ3) is 5.05. The number of amides is 1. The molecule has 8 nitrogen and oxygen atoms in total. The summed E-state index contributed by atoms with van der Waals surface area (Å²) in [5, 5.41) is 6.90. The number of ether oxygens (including phenoxy) is 2. The Labute approximate surface area is 198 Å². The number of nitrogens with one attached hydrogen (secondary N) is 2. The molecule has 1 fully saturated rings. The van der Waals surface area contributed by atoms with Crippen LogP contribution in [0, 0.1) is 0 Å². The molecule has 0 spiro atoms. The summed E-state index contributed by atoms with van der Waals surface area (Å²) in [4.78, 5) is 18.5. The van der Waals surface area contributed by atoms with Crippen molar-refractivity contribution in [2.75, 3.05) is 37.7 Å². The van der Waals surface area contributed by atoms with E-state index >= 15 is 0 Å². The molecule has 2 N–H and O–H groups in total. The topological polar surface area (TPSA) is 80.7 Å². The average Bonchev–Trinajstić information content (AvgIpc) is 3.42. The van der Waals surface area contributed by atoms with Crippen LogP contribution in [0.2, 0.25) is 0 Å². The summed E-state index contributed by atoms with van der Waals surface area (Å²) in [6, 6.07) is 17.4. The first-order valence-corrected chi connectivity index (χ1v) is 11.1. The Morgan fingerprint density at radius 1 is 1.12 bits per heavy atom. The fraction of sp³-hybridized carbons (Fsp3) is 0.292. The van der Waals surface area contributed by atoms with Crippen LogP contribution >= 0.6 is 12.2 Å². The fourth-order valence-corrected chi connectivity index (χ4v) is 4.40. The Bertz CT molecular complexity index is 1090. The van der Waals surface area contributed by atoms with E-state index in [2.05, 4.69) is 37.3 Å². The normalized spacial score (nSPS) is 17.8. The Balaban J connectivity index is 1.69. The van der Waals surface area contributed by atoms with Crippen LogP contribution in [0.3, 0.4) is 0 Å². The van der Waals surface area contributed by atoms with Crippen molar-refractivity contribution in [3.8, 4) is 0 Å². The van der Waals surface area contributed by atoms with E-state index in [9.17, 15) is 4.79 Å². The van der Waals surface area contributed by atoms with E-state index in [1.807, 2.05) is 48.5 Å². The van der Waals surface area contributed by atoms with Gasteiger partial charge in [-0.05, 0) is 60.7 Å². The first-order valence-electron chi connectivity index (χ1n) is 10.7. The Kier molecular flexibility index (Phi) is 7.33. The van der Waals surface area contributed by atoms with Crippen LogP contribution in [0.4, 0.5) is 11.4 Å². The van der Waals surface area contributed by atoms with Gasteiger partial charge in [0.25, 0.3) is 0 Å². The molecule has 1 saturated heterocycles. The lowest BCUT2D eigenvalue weighted by Gasteiger charge is -2.29. The fourth-order valence-electron chi connectivity index (χ4n) is 4.06. The van der Waals surface area contributed by atoms with Crippen molar-refractivity contribution in [2.45, 2.75) is 18.6 Å². The number of carbonyl (C=O) groups excluding carboxylic acids is 1. The third-order valence-electron chi connectivity index (χ3n) is 5.51. The summed E-state index contributed by atoms with van der Waals surface area (Å²) in [6.07, 6.45) is 3.85. The van der Waals surface area contributed by atoms with E-state index in [0.29, 0.717) is 17.4 Å². The van der Waals surface area contributed by atoms with E-state index in [0.717, 1.165) is 23.6 Å². The number of benzene rings is 1. The summed E-state index contributed by atoms with van der Waals surface area (Å²) >= 11 is 5.79. The molecule has 0 unspecified atom stereocenters. The van der Waals surface area contributed by atoms with Crippen LogP contribution in [0.15, 0.2) is 67.0 Å². The summed E-state index contributed by atoms with van der Waals surface area (Å²) in [7, 11) is 3.19. The molecule has 0 radical (unpaired) electrons. The van der Waals surface area contributed by atoms with Crippen molar-refractivity contribution < 1.29 is 14.3 Å². The molecule has 0 saturated carbocycles. The number of hydrogen-bond donors (Lipinski definition) is 2. The van der Waals surface area contributed by atoms with Crippen LogP contribution in [0.25, 0.3) is 0 Å². The molecule has 1 amide bonds. The van der Waals surface area contributed by atoms with Gasteiger partial charge in [0, 0.05) is 50.2 Å². The molecule has 1 aliphatic rings. The maximum Gasteiger partial charge on any atom is 0.250 e. The molecule has 33 heavy (non-hydrogen) atoms. The number of pyridine rings is 1. The van der Waals surface area contributed by atoms with Crippen LogP contribution < -0.4 is 15.5 Å². The predicted molar refractivity (Wildman–Crippen MR) is 131 cm³/mol. The minimum absolute atomic E-state index is 0.00811. The minimum atomic E-state index is -0.201. The van der Waals surface area contributed by atoms with E-state index in [1.54, 1.807) is 13.3 Å². The van der Waals surface area contributed by atoms with Gasteiger partial charge in [-0.15, -0.1) is 0 Å². The van der Waals surface area contributed by atoms with Gasteiger partial charge in [0.1, 0.15) is 12.6 Å². The van der Waals surface area contributed by atoms with Gasteiger partial charge in [-0.3, -0.25) is 9.78 Å². The smallest absolute Gasteiger partial charge is 0.250 e. The monoisotopic (exact) mass is 465 g/mol. The second-order valence-electron chi connectivity index (χ2n) is 7.64. The first kappa shape index (κ1) is 22.9. The van der Waals surface area contributed by atoms with E-state index < -0.39 is 0 Å². The van der Waals surface area contributed by atoms with Crippen molar-refractivity contribution in [1.29, 1.82) is 0 Å². The number of aromatic nitrogens is 2. The molecule has 0 aliphatic carbocycles. The highest BCUT2D eigenvalue weighted by Gasteiger charge is 2.41. The molecule has 0 bridgehead atoms. The van der Waals surface area contributed by atoms with Crippen LogP contribution in [0.5, 0.6) is 0 Å². The van der Waals surface area contributed by atoms with Crippen LogP contribution in [-0.4, -0.2) is 48.0 Å². The van der Waals surface area contributed by atoms with Crippen molar-refractivity contribution in [2.24, 2.45) is 0 Å². The van der Waals surface area contributed by atoms with Gasteiger partial charge < -0.3 is 29.6 Å². The number of hydrogen-bond acceptors (Lipinski definition) is 5. The summed E-state index contributed by atoms with van der Waals surface area (Å²) in [5.74, 6) is -0.201. The number of rotatable bonds is 9. The molecule has 2 aromatic heterocycles. The highest BCUT2D eigenvalue weighted by molar-refractivity contribution is 7.80. The second-order valence-corrected chi connectivity index (χ2v) is 8.03. The molecule has 9 heteroatoms. The van der Waals surface area contributed by atoms with Gasteiger partial charge >= 0.3 is 0 Å². The average molecular weight is 466 g/mol. The van der Waals surface area contributed by atoms with Crippen molar-refractivity contribution >= 4 is 34.6 Å². The lowest BCUT2D eigenvalue weighted by molar-refractivity contribution is -0.119. The lowest BCUT2D eigenvalue weighted by atomic mass is 10.0. The summed E-state index contributed by atoms with van der Waals surface area (Å²) < 4.78 is 12.4. The van der Waals surface area contributed by atoms with Gasteiger partial charge in [0.05, 0.1) is 18.3 Å². The van der Waals surface area contributed by atoms with Crippen LogP contribution in [-0.2, 0) is 20.8 Å².